The molecule has 0 aromatic heterocycles. The highest BCUT2D eigenvalue weighted by Gasteiger charge is 2.41. The maximum absolute atomic E-state index is 13.2. The van der Waals surface area contributed by atoms with Crippen LogP contribution in [0.1, 0.15) is 49.0 Å². The van der Waals surface area contributed by atoms with Crippen molar-refractivity contribution < 1.29 is 22.8 Å². The van der Waals surface area contributed by atoms with Crippen LogP contribution < -0.4 is 5.32 Å². The van der Waals surface area contributed by atoms with E-state index < -0.39 is 27.9 Å². The Labute approximate surface area is 204 Å². The third-order valence-electron chi connectivity index (χ3n) is 5.70. The van der Waals surface area contributed by atoms with Gasteiger partial charge in [-0.1, -0.05) is 49.2 Å². The van der Waals surface area contributed by atoms with Gasteiger partial charge in [0.05, 0.1) is 5.56 Å². The summed E-state index contributed by atoms with van der Waals surface area (Å²) >= 11 is 5.96. The first kappa shape index (κ1) is 25.7. The first-order valence-electron chi connectivity index (χ1n) is 11.1. The maximum Gasteiger partial charge on any atom is 0.269 e. The Morgan fingerprint density at radius 3 is 2.44 bits per heavy atom. The van der Waals surface area contributed by atoms with E-state index in [9.17, 15) is 22.8 Å². The van der Waals surface area contributed by atoms with Crippen LogP contribution in [-0.4, -0.2) is 54.5 Å². The largest absolute Gasteiger partial charge is 0.354 e. The summed E-state index contributed by atoms with van der Waals surface area (Å²) in [5.74, 6) is -1.39. The number of hydrogen-bond donors (Lipinski definition) is 1. The molecular formula is C24H28ClN3O5S. The summed E-state index contributed by atoms with van der Waals surface area (Å²) in [6.07, 6.45) is 1.49. The molecule has 1 atom stereocenters. The lowest BCUT2D eigenvalue weighted by atomic mass is 10.1. The fourth-order valence-corrected chi connectivity index (χ4v) is 5.39. The molecule has 3 amide bonds. The molecule has 3 rings (SSSR count). The summed E-state index contributed by atoms with van der Waals surface area (Å²) in [6.45, 7) is 3.97. The molecule has 1 heterocycles. The lowest BCUT2D eigenvalue weighted by Crippen LogP contribution is -2.48. The van der Waals surface area contributed by atoms with Crippen molar-refractivity contribution >= 4 is 39.3 Å². The van der Waals surface area contributed by atoms with Gasteiger partial charge in [-0.25, -0.2) is 12.7 Å². The normalized spacial score (nSPS) is 15.0. The van der Waals surface area contributed by atoms with Crippen LogP contribution in [0.25, 0.3) is 0 Å². The van der Waals surface area contributed by atoms with Crippen molar-refractivity contribution in [1.82, 2.24) is 14.5 Å². The third-order valence-corrected chi connectivity index (χ3v) is 7.80. The first-order chi connectivity index (χ1) is 16.2. The molecule has 10 heteroatoms. The quantitative estimate of drug-likeness (QED) is 0.499. The van der Waals surface area contributed by atoms with Crippen molar-refractivity contribution in [1.29, 1.82) is 0 Å². The number of hydrogen-bond acceptors (Lipinski definition) is 5. The Morgan fingerprint density at radius 1 is 1.12 bits per heavy atom. The number of benzene rings is 2. The molecule has 2 aromatic carbocycles. The SMILES string of the molecule is CCCCNC(=O)[C@H](C)N(Cc1ccc(Cl)cc1)C(=O)CCN1C(=O)c2ccccc2S1(=O)=O. The molecule has 0 spiro atoms. The Kier molecular flexibility index (Phi) is 8.33. The van der Waals surface area contributed by atoms with E-state index in [4.69, 9.17) is 11.6 Å². The lowest BCUT2D eigenvalue weighted by molar-refractivity contribution is -0.140. The predicted molar refractivity (Wildman–Crippen MR) is 129 cm³/mol. The molecule has 0 bridgehead atoms. The summed E-state index contributed by atoms with van der Waals surface area (Å²) in [6, 6.07) is 12.1. The fourth-order valence-electron chi connectivity index (χ4n) is 3.70. The second-order valence-electron chi connectivity index (χ2n) is 8.10. The van der Waals surface area contributed by atoms with Gasteiger partial charge in [0, 0.05) is 31.1 Å². The van der Waals surface area contributed by atoms with Crippen LogP contribution in [0.3, 0.4) is 0 Å². The molecule has 1 N–H and O–H groups in total. The monoisotopic (exact) mass is 505 g/mol. The first-order valence-corrected chi connectivity index (χ1v) is 13.0. The molecule has 1 aliphatic rings. The minimum atomic E-state index is -4.01. The van der Waals surface area contributed by atoms with E-state index in [-0.39, 0.29) is 35.9 Å². The van der Waals surface area contributed by atoms with E-state index in [1.807, 2.05) is 6.92 Å². The van der Waals surface area contributed by atoms with Gasteiger partial charge in [-0.15, -0.1) is 0 Å². The van der Waals surface area contributed by atoms with Crippen molar-refractivity contribution in [3.8, 4) is 0 Å². The summed E-state index contributed by atoms with van der Waals surface area (Å²) < 4.78 is 26.3. The molecular weight excluding hydrogens is 478 g/mol. The number of unbranched alkanes of at least 4 members (excludes halogenated alkanes) is 1. The standard InChI is InChI=1S/C24H28ClN3O5S/c1-3-4-14-26-23(30)17(2)27(16-18-9-11-19(25)12-10-18)22(29)13-15-28-24(31)20-7-5-6-8-21(20)34(28,32)33/h5-12,17H,3-4,13-16H2,1-2H3,(H,26,30)/t17-/m0/s1. The Hall–Kier alpha value is -2.91. The van der Waals surface area contributed by atoms with Crippen LogP contribution in [-0.2, 0) is 26.2 Å². The van der Waals surface area contributed by atoms with Crippen LogP contribution in [0.5, 0.6) is 0 Å². The number of nitrogens with zero attached hydrogens (tertiary/aromatic N) is 2. The van der Waals surface area contributed by atoms with Crippen molar-refractivity contribution in [2.75, 3.05) is 13.1 Å². The fraction of sp³-hybridized carbons (Fsp3) is 0.375. The van der Waals surface area contributed by atoms with E-state index in [2.05, 4.69) is 5.32 Å². The zero-order valence-electron chi connectivity index (χ0n) is 19.2. The number of carbonyl (C=O) groups excluding carboxylic acids is 3. The molecule has 0 aliphatic carbocycles. The van der Waals surface area contributed by atoms with Crippen LogP contribution >= 0.6 is 11.6 Å². The molecule has 182 valence electrons. The van der Waals surface area contributed by atoms with Gasteiger partial charge >= 0.3 is 0 Å². The third kappa shape index (κ3) is 5.59. The molecule has 34 heavy (non-hydrogen) atoms. The van der Waals surface area contributed by atoms with Gasteiger partial charge in [-0.2, -0.15) is 0 Å². The molecule has 0 radical (unpaired) electrons. The van der Waals surface area contributed by atoms with Gasteiger partial charge in [0.15, 0.2) is 0 Å². The van der Waals surface area contributed by atoms with Gasteiger partial charge in [0.1, 0.15) is 10.9 Å². The van der Waals surface area contributed by atoms with E-state index in [0.717, 1.165) is 22.7 Å². The van der Waals surface area contributed by atoms with E-state index in [1.165, 1.54) is 17.0 Å². The van der Waals surface area contributed by atoms with Crippen molar-refractivity contribution in [3.05, 3.63) is 64.7 Å². The molecule has 1 aliphatic heterocycles. The topological polar surface area (TPSA) is 104 Å². The van der Waals surface area contributed by atoms with Gasteiger partial charge in [-0.3, -0.25) is 14.4 Å². The number of halogens is 1. The predicted octanol–water partition coefficient (Wildman–Crippen LogP) is 3.21. The number of rotatable bonds is 10. The molecule has 0 saturated heterocycles. The second kappa shape index (κ2) is 11.0. The van der Waals surface area contributed by atoms with Crippen LogP contribution in [0, 0.1) is 0 Å². The number of fused-ring (bicyclic) bond motifs is 1. The van der Waals surface area contributed by atoms with Crippen molar-refractivity contribution in [3.63, 3.8) is 0 Å². The highest BCUT2D eigenvalue weighted by atomic mass is 35.5. The summed E-state index contributed by atoms with van der Waals surface area (Å²) in [5, 5.41) is 3.37. The van der Waals surface area contributed by atoms with Crippen LogP contribution in [0.4, 0.5) is 0 Å². The van der Waals surface area contributed by atoms with E-state index in [0.29, 0.717) is 11.6 Å². The Morgan fingerprint density at radius 2 is 1.79 bits per heavy atom. The molecule has 0 saturated carbocycles. The molecule has 0 fully saturated rings. The summed E-state index contributed by atoms with van der Waals surface area (Å²) in [5.41, 5.74) is 0.861. The van der Waals surface area contributed by atoms with Gasteiger partial charge < -0.3 is 10.2 Å². The molecule has 0 unspecified atom stereocenters. The van der Waals surface area contributed by atoms with Gasteiger partial charge in [0.2, 0.25) is 11.8 Å². The molecule has 2 aromatic rings. The lowest BCUT2D eigenvalue weighted by Gasteiger charge is -2.29. The zero-order valence-corrected chi connectivity index (χ0v) is 20.7. The smallest absolute Gasteiger partial charge is 0.269 e. The maximum atomic E-state index is 13.2. The Bertz CT molecular complexity index is 1170. The van der Waals surface area contributed by atoms with Gasteiger partial charge in [-0.05, 0) is 43.2 Å². The van der Waals surface area contributed by atoms with Crippen molar-refractivity contribution in [2.24, 2.45) is 0 Å². The van der Waals surface area contributed by atoms with E-state index >= 15 is 0 Å². The average molecular weight is 506 g/mol. The number of carbonyl (C=O) groups is 3. The zero-order chi connectivity index (χ0) is 24.9. The van der Waals surface area contributed by atoms with Crippen LogP contribution in [0.2, 0.25) is 5.02 Å². The summed E-state index contributed by atoms with van der Waals surface area (Å²) in [7, 11) is -4.01. The highest BCUT2D eigenvalue weighted by molar-refractivity contribution is 7.90. The number of nitrogens with one attached hydrogen (secondary N) is 1. The number of amides is 3. The van der Waals surface area contributed by atoms with E-state index in [1.54, 1.807) is 43.3 Å². The highest BCUT2D eigenvalue weighted by Crippen LogP contribution is 2.30. The van der Waals surface area contributed by atoms with Crippen molar-refractivity contribution in [2.45, 2.75) is 50.6 Å². The summed E-state index contributed by atoms with van der Waals surface area (Å²) in [4.78, 5) is 39.9. The van der Waals surface area contributed by atoms with Gasteiger partial charge in [0.25, 0.3) is 15.9 Å². The Balaban J connectivity index is 1.76. The molecule has 8 nitrogen and oxygen atoms in total. The second-order valence-corrected chi connectivity index (χ2v) is 10.4. The number of sulfonamides is 1. The van der Waals surface area contributed by atoms with Crippen LogP contribution in [0.15, 0.2) is 53.4 Å². The minimum Gasteiger partial charge on any atom is -0.354 e. The minimum absolute atomic E-state index is 0.0610. The average Bonchev–Trinajstić information content (AvgIpc) is 3.02.